The van der Waals surface area contributed by atoms with Gasteiger partial charge in [0.15, 0.2) is 0 Å². The van der Waals surface area contributed by atoms with E-state index in [1.807, 2.05) is 0 Å². The summed E-state index contributed by atoms with van der Waals surface area (Å²) in [5.74, 6) is 0. The molecule has 0 aliphatic heterocycles. The summed E-state index contributed by atoms with van der Waals surface area (Å²) >= 11 is 11.1. The van der Waals surface area contributed by atoms with Crippen LogP contribution in [-0.2, 0) is 0 Å². The highest BCUT2D eigenvalue weighted by Gasteiger charge is 2.12. The van der Waals surface area contributed by atoms with Gasteiger partial charge in [-0.15, -0.1) is 12.6 Å². The molecule has 0 bridgehead atoms. The molecule has 0 radical (unpaired) electrons. The van der Waals surface area contributed by atoms with E-state index in [4.69, 9.17) is 11.6 Å². The predicted molar refractivity (Wildman–Crippen MR) is 60.7 cm³/mol. The second kappa shape index (κ2) is 3.42. The van der Waals surface area contributed by atoms with Gasteiger partial charge in [-0.25, -0.2) is 0 Å². The van der Waals surface area contributed by atoms with E-state index in [0.29, 0.717) is 9.92 Å². The summed E-state index contributed by atoms with van der Waals surface area (Å²) in [4.78, 5) is 10.7. The minimum atomic E-state index is -0.406. The second-order valence-corrected chi connectivity index (χ2v) is 4.63. The Morgan fingerprint density at radius 3 is 2.79 bits per heavy atom. The molecule has 72 valence electrons. The zero-order valence-corrected chi connectivity index (χ0v) is 9.20. The first-order chi connectivity index (χ1) is 6.58. The van der Waals surface area contributed by atoms with Crippen molar-refractivity contribution in [1.82, 2.24) is 0 Å². The van der Waals surface area contributed by atoms with Gasteiger partial charge in [0.2, 0.25) is 0 Å². The maximum absolute atomic E-state index is 10.5. The van der Waals surface area contributed by atoms with Gasteiger partial charge in [0.1, 0.15) is 0 Å². The summed E-state index contributed by atoms with van der Waals surface area (Å²) in [7, 11) is 0. The summed E-state index contributed by atoms with van der Waals surface area (Å²) < 4.78 is 0.805. The van der Waals surface area contributed by atoms with E-state index in [2.05, 4.69) is 12.6 Å². The van der Waals surface area contributed by atoms with Gasteiger partial charge in [-0.1, -0.05) is 22.9 Å². The first kappa shape index (κ1) is 9.76. The Labute approximate surface area is 93.9 Å². The van der Waals surface area contributed by atoms with Crippen LogP contribution >= 0.6 is 35.6 Å². The molecule has 0 saturated heterocycles. The van der Waals surface area contributed by atoms with Crippen LogP contribution in [0.4, 0.5) is 5.00 Å². The number of fused-ring (bicyclic) bond motifs is 1. The highest BCUT2D eigenvalue weighted by molar-refractivity contribution is 7.80. The summed E-state index contributed by atoms with van der Waals surface area (Å²) in [6, 6.07) is 4.94. The number of rotatable bonds is 1. The molecule has 6 heteroatoms. The number of halogens is 1. The average Bonchev–Trinajstić information content (AvgIpc) is 2.48. The molecule has 14 heavy (non-hydrogen) atoms. The lowest BCUT2D eigenvalue weighted by Gasteiger charge is -1.94. The number of nitrogens with zero attached hydrogens (tertiary/aromatic N) is 1. The standard InChI is InChI=1S/C8H4ClNO2S2/c9-5-3-7-4(1-6(5)13)2-8(14-7)10(11)12/h1-3,13H. The number of thiophene rings is 1. The van der Waals surface area contributed by atoms with Crippen LogP contribution in [0.25, 0.3) is 10.1 Å². The van der Waals surface area contributed by atoms with E-state index in [1.165, 1.54) is 6.07 Å². The zero-order valence-electron chi connectivity index (χ0n) is 6.73. The molecule has 0 fully saturated rings. The maximum atomic E-state index is 10.5. The van der Waals surface area contributed by atoms with Crippen LogP contribution in [0.5, 0.6) is 0 Å². The zero-order chi connectivity index (χ0) is 10.3. The van der Waals surface area contributed by atoms with E-state index in [9.17, 15) is 10.1 Å². The molecule has 0 N–H and O–H groups in total. The molecule has 1 heterocycles. The largest absolute Gasteiger partial charge is 0.325 e. The van der Waals surface area contributed by atoms with Gasteiger partial charge in [-0.3, -0.25) is 10.1 Å². The van der Waals surface area contributed by atoms with Crippen LogP contribution in [0.1, 0.15) is 0 Å². The fraction of sp³-hybridized carbons (Fsp3) is 0. The van der Waals surface area contributed by atoms with Gasteiger partial charge < -0.3 is 0 Å². The first-order valence-corrected chi connectivity index (χ1v) is 5.28. The Morgan fingerprint density at radius 1 is 1.43 bits per heavy atom. The molecule has 2 rings (SSSR count). The average molecular weight is 246 g/mol. The number of hydrogen-bond donors (Lipinski definition) is 1. The van der Waals surface area contributed by atoms with E-state index in [0.717, 1.165) is 21.4 Å². The highest BCUT2D eigenvalue weighted by Crippen LogP contribution is 2.35. The normalized spacial score (nSPS) is 10.7. The second-order valence-electron chi connectivity index (χ2n) is 2.68. The Hall–Kier alpha value is -0.780. The molecule has 0 aliphatic carbocycles. The molecule has 0 atom stereocenters. The summed E-state index contributed by atoms with van der Waals surface area (Å²) in [6.07, 6.45) is 0. The van der Waals surface area contributed by atoms with Crippen molar-refractivity contribution in [2.24, 2.45) is 0 Å². The molecular weight excluding hydrogens is 242 g/mol. The van der Waals surface area contributed by atoms with Crippen molar-refractivity contribution in [2.45, 2.75) is 4.90 Å². The van der Waals surface area contributed by atoms with Crippen molar-refractivity contribution >= 4 is 50.7 Å². The van der Waals surface area contributed by atoms with Crippen LogP contribution < -0.4 is 0 Å². The van der Waals surface area contributed by atoms with Crippen LogP contribution in [-0.4, -0.2) is 4.92 Å². The molecular formula is C8H4ClNO2S2. The molecule has 0 unspecified atom stereocenters. The van der Waals surface area contributed by atoms with Gasteiger partial charge in [-0.2, -0.15) is 0 Å². The SMILES string of the molecule is O=[N+]([O-])c1cc2cc(S)c(Cl)cc2s1. The van der Waals surface area contributed by atoms with Crippen molar-refractivity contribution < 1.29 is 4.92 Å². The van der Waals surface area contributed by atoms with Gasteiger partial charge in [0.05, 0.1) is 9.95 Å². The highest BCUT2D eigenvalue weighted by atomic mass is 35.5. The van der Waals surface area contributed by atoms with Crippen LogP contribution in [0, 0.1) is 10.1 Å². The molecule has 0 spiro atoms. The summed E-state index contributed by atoms with van der Waals surface area (Å²) in [5, 5.41) is 11.9. The van der Waals surface area contributed by atoms with Gasteiger partial charge in [0, 0.05) is 21.0 Å². The van der Waals surface area contributed by atoms with Crippen molar-refractivity contribution in [3.63, 3.8) is 0 Å². The van der Waals surface area contributed by atoms with Gasteiger partial charge in [0.25, 0.3) is 0 Å². The number of nitro groups is 1. The Balaban J connectivity index is 2.72. The third kappa shape index (κ3) is 1.58. The topological polar surface area (TPSA) is 43.1 Å². The number of benzene rings is 1. The molecule has 0 aliphatic rings. The van der Waals surface area contributed by atoms with E-state index < -0.39 is 4.92 Å². The van der Waals surface area contributed by atoms with Crippen molar-refractivity contribution in [2.75, 3.05) is 0 Å². The Morgan fingerprint density at radius 2 is 2.14 bits per heavy atom. The predicted octanol–water partition coefficient (Wildman–Crippen LogP) is 3.75. The summed E-state index contributed by atoms with van der Waals surface area (Å²) in [5.41, 5.74) is 0. The first-order valence-electron chi connectivity index (χ1n) is 3.64. The molecule has 0 saturated carbocycles. The van der Waals surface area contributed by atoms with Crippen LogP contribution in [0.15, 0.2) is 23.1 Å². The quantitative estimate of drug-likeness (QED) is 0.472. The van der Waals surface area contributed by atoms with Crippen molar-refractivity contribution in [3.05, 3.63) is 33.3 Å². The van der Waals surface area contributed by atoms with Crippen LogP contribution in [0.2, 0.25) is 5.02 Å². The molecule has 0 amide bonds. The lowest BCUT2D eigenvalue weighted by Crippen LogP contribution is -1.80. The van der Waals surface area contributed by atoms with Crippen molar-refractivity contribution in [1.29, 1.82) is 0 Å². The number of thiol groups is 1. The monoisotopic (exact) mass is 245 g/mol. The van der Waals surface area contributed by atoms with E-state index in [1.54, 1.807) is 12.1 Å². The fourth-order valence-electron chi connectivity index (χ4n) is 1.13. The molecule has 1 aromatic heterocycles. The maximum Gasteiger partial charge on any atom is 0.325 e. The molecule has 1 aromatic carbocycles. The summed E-state index contributed by atoms with van der Waals surface area (Å²) in [6.45, 7) is 0. The third-order valence-electron chi connectivity index (χ3n) is 1.75. The van der Waals surface area contributed by atoms with Gasteiger partial charge >= 0.3 is 5.00 Å². The van der Waals surface area contributed by atoms with E-state index >= 15 is 0 Å². The Bertz CT molecular complexity index is 484. The third-order valence-corrected chi connectivity index (χ3v) is 3.62. The van der Waals surface area contributed by atoms with E-state index in [-0.39, 0.29) is 5.00 Å². The lowest BCUT2D eigenvalue weighted by molar-refractivity contribution is -0.380. The van der Waals surface area contributed by atoms with Crippen molar-refractivity contribution in [3.8, 4) is 0 Å². The number of hydrogen-bond acceptors (Lipinski definition) is 4. The Kier molecular flexibility index (Phi) is 2.38. The minimum Gasteiger partial charge on any atom is -0.258 e. The smallest absolute Gasteiger partial charge is 0.258 e. The minimum absolute atomic E-state index is 0.120. The molecule has 2 aromatic rings. The van der Waals surface area contributed by atoms with Crippen LogP contribution in [0.3, 0.4) is 0 Å². The van der Waals surface area contributed by atoms with Gasteiger partial charge in [-0.05, 0) is 12.1 Å². The fourth-order valence-corrected chi connectivity index (χ4v) is 2.46. The molecule has 3 nitrogen and oxygen atoms in total. The lowest BCUT2D eigenvalue weighted by atomic mass is 10.3.